The summed E-state index contributed by atoms with van der Waals surface area (Å²) in [5.41, 5.74) is 1.64. The molecule has 0 atom stereocenters. The molecule has 2 heterocycles. The Hall–Kier alpha value is -2.30. The molecule has 0 saturated heterocycles. The molecule has 0 aliphatic heterocycles. The number of rotatable bonds is 3. The molecule has 0 aliphatic carbocycles. The van der Waals surface area contributed by atoms with E-state index in [1.165, 1.54) is 18.2 Å². The second-order valence-corrected chi connectivity index (χ2v) is 3.84. The number of halogens is 1. The number of hydrogen-bond acceptors (Lipinski definition) is 3. The van der Waals surface area contributed by atoms with E-state index in [1.54, 1.807) is 6.20 Å². The lowest BCUT2D eigenvalue weighted by Gasteiger charge is -2.05. The van der Waals surface area contributed by atoms with Crippen LogP contribution in [0.15, 0.2) is 36.5 Å². The van der Waals surface area contributed by atoms with Gasteiger partial charge in [0, 0.05) is 6.20 Å². The first-order valence-electron chi connectivity index (χ1n) is 5.48. The van der Waals surface area contributed by atoms with Crippen LogP contribution in [0.4, 0.5) is 10.2 Å². The van der Waals surface area contributed by atoms with Crippen LogP contribution < -0.4 is 5.32 Å². The lowest BCUT2D eigenvalue weighted by atomic mass is 10.1. The van der Waals surface area contributed by atoms with Gasteiger partial charge in [-0.1, -0.05) is 12.1 Å². The molecule has 0 fully saturated rings. The van der Waals surface area contributed by atoms with Gasteiger partial charge in [0.15, 0.2) is 0 Å². The van der Waals surface area contributed by atoms with Gasteiger partial charge in [0.25, 0.3) is 0 Å². The first kappa shape index (κ1) is 12.2. The van der Waals surface area contributed by atoms with Gasteiger partial charge in [0.2, 0.25) is 11.9 Å². The number of carbonyl (C=O) groups is 1. The van der Waals surface area contributed by atoms with E-state index in [4.69, 9.17) is 0 Å². The van der Waals surface area contributed by atoms with Crippen LogP contribution in [0.2, 0.25) is 0 Å². The molecule has 0 saturated carbocycles. The minimum absolute atomic E-state index is 0.144. The molecule has 0 aliphatic rings. The van der Waals surface area contributed by atoms with E-state index in [-0.39, 0.29) is 18.1 Å². The standard InChI is InChI=1S/C13H12FN3O/c1-9-4-3-7-15-10(9)8-13(18)17-12-6-2-5-11(14)16-12/h2-7H,8H2,1H3,(H,16,17,18). The maximum absolute atomic E-state index is 12.8. The number of aromatic nitrogens is 2. The van der Waals surface area contributed by atoms with Crippen molar-refractivity contribution in [3.63, 3.8) is 0 Å². The molecular formula is C13H12FN3O. The molecule has 4 nitrogen and oxygen atoms in total. The number of aryl methyl sites for hydroxylation is 1. The zero-order chi connectivity index (χ0) is 13.0. The average molecular weight is 245 g/mol. The molecule has 0 aromatic carbocycles. The highest BCUT2D eigenvalue weighted by Crippen LogP contribution is 2.07. The third kappa shape index (κ3) is 3.10. The largest absolute Gasteiger partial charge is 0.310 e. The Morgan fingerprint density at radius 1 is 1.33 bits per heavy atom. The van der Waals surface area contributed by atoms with Crippen LogP contribution in [0.1, 0.15) is 11.3 Å². The fourth-order valence-electron chi connectivity index (χ4n) is 1.52. The van der Waals surface area contributed by atoms with Crippen molar-refractivity contribution in [3.8, 4) is 0 Å². The minimum Gasteiger partial charge on any atom is -0.310 e. The molecule has 92 valence electrons. The van der Waals surface area contributed by atoms with Crippen molar-refractivity contribution in [1.82, 2.24) is 9.97 Å². The highest BCUT2D eigenvalue weighted by atomic mass is 19.1. The Balaban J connectivity index is 2.03. The van der Waals surface area contributed by atoms with Crippen molar-refractivity contribution in [2.75, 3.05) is 5.32 Å². The third-order valence-electron chi connectivity index (χ3n) is 2.43. The molecular weight excluding hydrogens is 233 g/mol. The van der Waals surface area contributed by atoms with Crippen molar-refractivity contribution in [3.05, 3.63) is 53.7 Å². The van der Waals surface area contributed by atoms with Crippen LogP contribution in [0.5, 0.6) is 0 Å². The molecule has 2 aromatic heterocycles. The van der Waals surface area contributed by atoms with E-state index in [1.807, 2.05) is 19.1 Å². The summed E-state index contributed by atoms with van der Waals surface area (Å²) in [6.45, 7) is 1.88. The molecule has 1 amide bonds. The first-order valence-corrected chi connectivity index (χ1v) is 5.48. The van der Waals surface area contributed by atoms with Crippen molar-refractivity contribution < 1.29 is 9.18 Å². The highest BCUT2D eigenvalue weighted by Gasteiger charge is 2.08. The SMILES string of the molecule is Cc1cccnc1CC(=O)Nc1cccc(F)n1. The van der Waals surface area contributed by atoms with Gasteiger partial charge >= 0.3 is 0 Å². The number of carbonyl (C=O) groups excluding carboxylic acids is 1. The van der Waals surface area contributed by atoms with Crippen LogP contribution in [-0.4, -0.2) is 15.9 Å². The molecule has 0 bridgehead atoms. The van der Waals surface area contributed by atoms with Crippen LogP contribution >= 0.6 is 0 Å². The fraction of sp³-hybridized carbons (Fsp3) is 0.154. The topological polar surface area (TPSA) is 54.9 Å². The van der Waals surface area contributed by atoms with Crippen LogP contribution in [0.3, 0.4) is 0 Å². The average Bonchev–Trinajstić information content (AvgIpc) is 2.32. The molecule has 1 N–H and O–H groups in total. The molecule has 0 unspecified atom stereocenters. The Morgan fingerprint density at radius 2 is 2.17 bits per heavy atom. The molecule has 2 rings (SSSR count). The third-order valence-corrected chi connectivity index (χ3v) is 2.43. The van der Waals surface area contributed by atoms with Crippen molar-refractivity contribution in [2.24, 2.45) is 0 Å². The minimum atomic E-state index is -0.623. The highest BCUT2D eigenvalue weighted by molar-refractivity contribution is 5.91. The number of pyridine rings is 2. The summed E-state index contributed by atoms with van der Waals surface area (Å²) in [7, 11) is 0. The van der Waals surface area contributed by atoms with E-state index in [0.29, 0.717) is 5.69 Å². The summed E-state index contributed by atoms with van der Waals surface area (Å²) in [6.07, 6.45) is 1.78. The lowest BCUT2D eigenvalue weighted by molar-refractivity contribution is -0.115. The van der Waals surface area contributed by atoms with E-state index in [9.17, 15) is 9.18 Å². The van der Waals surface area contributed by atoms with Gasteiger partial charge in [-0.15, -0.1) is 0 Å². The fourth-order valence-corrected chi connectivity index (χ4v) is 1.52. The Morgan fingerprint density at radius 3 is 2.89 bits per heavy atom. The normalized spacial score (nSPS) is 10.1. The maximum Gasteiger partial charge on any atom is 0.231 e. The molecule has 18 heavy (non-hydrogen) atoms. The van der Waals surface area contributed by atoms with Crippen LogP contribution in [0.25, 0.3) is 0 Å². The van der Waals surface area contributed by atoms with E-state index < -0.39 is 5.95 Å². The molecule has 0 spiro atoms. The van der Waals surface area contributed by atoms with Crippen molar-refractivity contribution in [1.29, 1.82) is 0 Å². The Bertz CT molecular complexity index is 572. The van der Waals surface area contributed by atoms with Crippen LogP contribution in [0, 0.1) is 12.9 Å². The molecule has 2 aromatic rings. The zero-order valence-corrected chi connectivity index (χ0v) is 9.85. The van der Waals surface area contributed by atoms with Gasteiger partial charge in [-0.3, -0.25) is 9.78 Å². The predicted molar refractivity (Wildman–Crippen MR) is 65.5 cm³/mol. The second kappa shape index (κ2) is 5.35. The summed E-state index contributed by atoms with van der Waals surface area (Å²) in [6, 6.07) is 7.94. The van der Waals surface area contributed by atoms with Gasteiger partial charge < -0.3 is 5.32 Å². The summed E-state index contributed by atoms with van der Waals surface area (Å²) < 4.78 is 12.8. The second-order valence-electron chi connectivity index (χ2n) is 3.84. The lowest BCUT2D eigenvalue weighted by Crippen LogP contribution is -2.16. The monoisotopic (exact) mass is 245 g/mol. The quantitative estimate of drug-likeness (QED) is 0.842. The Kier molecular flexibility index (Phi) is 3.62. The number of anilines is 1. The van der Waals surface area contributed by atoms with Gasteiger partial charge in [-0.05, 0) is 30.7 Å². The van der Waals surface area contributed by atoms with Gasteiger partial charge in [0.1, 0.15) is 5.82 Å². The first-order chi connectivity index (χ1) is 8.65. The number of amides is 1. The van der Waals surface area contributed by atoms with E-state index in [2.05, 4.69) is 15.3 Å². The van der Waals surface area contributed by atoms with Gasteiger partial charge in [0.05, 0.1) is 12.1 Å². The summed E-state index contributed by atoms with van der Waals surface area (Å²) >= 11 is 0. The van der Waals surface area contributed by atoms with E-state index in [0.717, 1.165) is 5.56 Å². The maximum atomic E-state index is 12.8. The number of nitrogens with zero attached hydrogens (tertiary/aromatic N) is 2. The zero-order valence-electron chi connectivity index (χ0n) is 9.85. The van der Waals surface area contributed by atoms with E-state index >= 15 is 0 Å². The van der Waals surface area contributed by atoms with Crippen molar-refractivity contribution >= 4 is 11.7 Å². The molecule has 0 radical (unpaired) electrons. The van der Waals surface area contributed by atoms with Crippen LogP contribution in [-0.2, 0) is 11.2 Å². The predicted octanol–water partition coefficient (Wildman–Crippen LogP) is 2.11. The number of nitrogens with one attached hydrogen (secondary N) is 1. The summed E-state index contributed by atoms with van der Waals surface area (Å²) in [5.74, 6) is -0.690. The smallest absolute Gasteiger partial charge is 0.231 e. The molecule has 5 heteroatoms. The van der Waals surface area contributed by atoms with Gasteiger partial charge in [-0.25, -0.2) is 4.98 Å². The van der Waals surface area contributed by atoms with Crippen molar-refractivity contribution in [2.45, 2.75) is 13.3 Å². The van der Waals surface area contributed by atoms with Gasteiger partial charge in [-0.2, -0.15) is 4.39 Å². The summed E-state index contributed by atoms with van der Waals surface area (Å²) in [4.78, 5) is 19.4. The number of hydrogen-bond donors (Lipinski definition) is 1. The summed E-state index contributed by atoms with van der Waals surface area (Å²) in [5, 5.41) is 2.53. The Labute approximate surface area is 104 Å².